The predicted molar refractivity (Wildman–Crippen MR) is 84.4 cm³/mol. The van der Waals surface area contributed by atoms with Gasteiger partial charge in [0.2, 0.25) is 9.84 Å². The molecule has 5 heteroatoms. The summed E-state index contributed by atoms with van der Waals surface area (Å²) in [4.78, 5) is 2.62. The lowest BCUT2D eigenvalue weighted by Gasteiger charge is -2.28. The monoisotopic (exact) mass is 319 g/mol. The standard InChI is InChI=1S/C17H18FNO2S/c18-14-4-8-16(9-5-14)22(20,21)17-10-6-15(7-11-17)19-12-2-1-3-13-19/h4-11H,1-3,12-13H2. The van der Waals surface area contributed by atoms with Gasteiger partial charge >= 0.3 is 0 Å². The predicted octanol–water partition coefficient (Wildman–Crippen LogP) is 3.65. The van der Waals surface area contributed by atoms with Gasteiger partial charge in [0.1, 0.15) is 5.82 Å². The third-order valence-corrected chi connectivity index (χ3v) is 5.78. The molecule has 1 heterocycles. The van der Waals surface area contributed by atoms with Crippen molar-refractivity contribution in [2.24, 2.45) is 0 Å². The Kier molecular flexibility index (Phi) is 4.16. The zero-order valence-corrected chi connectivity index (χ0v) is 13.0. The van der Waals surface area contributed by atoms with Gasteiger partial charge in [0.25, 0.3) is 0 Å². The number of anilines is 1. The largest absolute Gasteiger partial charge is 0.372 e. The molecule has 2 aromatic carbocycles. The number of rotatable bonds is 3. The second-order valence-corrected chi connectivity index (χ2v) is 7.45. The van der Waals surface area contributed by atoms with E-state index < -0.39 is 15.7 Å². The van der Waals surface area contributed by atoms with Crippen molar-refractivity contribution >= 4 is 15.5 Å². The molecule has 0 aromatic heterocycles. The molecule has 0 bridgehead atoms. The normalized spacial score (nSPS) is 15.8. The van der Waals surface area contributed by atoms with Crippen molar-refractivity contribution in [1.82, 2.24) is 0 Å². The summed E-state index contributed by atoms with van der Waals surface area (Å²) in [5.74, 6) is -0.445. The molecule has 116 valence electrons. The highest BCUT2D eigenvalue weighted by atomic mass is 32.2. The second-order valence-electron chi connectivity index (χ2n) is 5.50. The quantitative estimate of drug-likeness (QED) is 0.811. The van der Waals surface area contributed by atoms with Crippen molar-refractivity contribution in [3.05, 3.63) is 54.3 Å². The highest BCUT2D eigenvalue weighted by Gasteiger charge is 2.18. The molecular formula is C17H18FNO2S. The Morgan fingerprint density at radius 2 is 1.27 bits per heavy atom. The van der Waals surface area contributed by atoms with Gasteiger partial charge in [0, 0.05) is 18.8 Å². The van der Waals surface area contributed by atoms with E-state index in [1.165, 1.54) is 31.4 Å². The third-order valence-electron chi connectivity index (χ3n) is 3.99. The molecule has 1 fully saturated rings. The van der Waals surface area contributed by atoms with Gasteiger partial charge in [0.05, 0.1) is 9.79 Å². The number of sulfone groups is 1. The van der Waals surface area contributed by atoms with Crippen LogP contribution in [-0.4, -0.2) is 21.5 Å². The van der Waals surface area contributed by atoms with E-state index in [1.54, 1.807) is 12.1 Å². The molecule has 3 nitrogen and oxygen atoms in total. The Morgan fingerprint density at radius 1 is 0.773 bits per heavy atom. The van der Waals surface area contributed by atoms with E-state index in [-0.39, 0.29) is 9.79 Å². The molecule has 1 aliphatic heterocycles. The van der Waals surface area contributed by atoms with Crippen LogP contribution in [0.25, 0.3) is 0 Å². The average Bonchev–Trinajstić information content (AvgIpc) is 2.56. The van der Waals surface area contributed by atoms with Gasteiger partial charge in [-0.25, -0.2) is 12.8 Å². The van der Waals surface area contributed by atoms with E-state index in [9.17, 15) is 12.8 Å². The van der Waals surface area contributed by atoms with Crippen LogP contribution in [0.4, 0.5) is 10.1 Å². The van der Waals surface area contributed by atoms with Crippen LogP contribution in [-0.2, 0) is 9.84 Å². The fraction of sp³-hybridized carbons (Fsp3) is 0.294. The van der Waals surface area contributed by atoms with Crippen LogP contribution in [0.15, 0.2) is 58.3 Å². The number of piperidine rings is 1. The van der Waals surface area contributed by atoms with E-state index >= 15 is 0 Å². The minimum Gasteiger partial charge on any atom is -0.372 e. The maximum absolute atomic E-state index is 12.9. The fourth-order valence-electron chi connectivity index (χ4n) is 2.74. The summed E-state index contributed by atoms with van der Waals surface area (Å²) in [6.07, 6.45) is 3.61. The van der Waals surface area contributed by atoms with Gasteiger partial charge in [-0.3, -0.25) is 0 Å². The zero-order valence-electron chi connectivity index (χ0n) is 12.2. The highest BCUT2D eigenvalue weighted by molar-refractivity contribution is 7.91. The molecule has 1 saturated heterocycles. The van der Waals surface area contributed by atoms with Gasteiger partial charge in [0.15, 0.2) is 0 Å². The van der Waals surface area contributed by atoms with Crippen molar-refractivity contribution in [3.8, 4) is 0 Å². The maximum Gasteiger partial charge on any atom is 0.206 e. The zero-order chi connectivity index (χ0) is 15.6. The van der Waals surface area contributed by atoms with Crippen LogP contribution in [0.3, 0.4) is 0 Å². The first-order valence-electron chi connectivity index (χ1n) is 7.43. The molecular weight excluding hydrogens is 301 g/mol. The summed E-state index contributed by atoms with van der Waals surface area (Å²) in [6, 6.07) is 11.9. The molecule has 0 N–H and O–H groups in total. The first-order valence-corrected chi connectivity index (χ1v) is 8.91. The fourth-order valence-corrected chi connectivity index (χ4v) is 4.00. The molecule has 1 aliphatic rings. The summed E-state index contributed by atoms with van der Waals surface area (Å²) in [7, 11) is -3.59. The minimum absolute atomic E-state index is 0.111. The average molecular weight is 319 g/mol. The highest BCUT2D eigenvalue weighted by Crippen LogP contribution is 2.25. The Bertz CT molecular complexity index is 733. The van der Waals surface area contributed by atoms with Crippen LogP contribution >= 0.6 is 0 Å². The van der Waals surface area contributed by atoms with E-state index in [4.69, 9.17) is 0 Å². The lowest BCUT2D eigenvalue weighted by molar-refractivity contribution is 0.577. The molecule has 0 aliphatic carbocycles. The summed E-state index contributed by atoms with van der Waals surface area (Å²) in [5.41, 5.74) is 1.05. The van der Waals surface area contributed by atoms with Crippen molar-refractivity contribution in [2.75, 3.05) is 18.0 Å². The van der Waals surface area contributed by atoms with Crippen molar-refractivity contribution in [2.45, 2.75) is 29.1 Å². The van der Waals surface area contributed by atoms with Crippen molar-refractivity contribution in [1.29, 1.82) is 0 Å². The Hall–Kier alpha value is -1.88. The number of benzene rings is 2. The smallest absolute Gasteiger partial charge is 0.206 e. The Labute approximate surface area is 130 Å². The lowest BCUT2D eigenvalue weighted by atomic mass is 10.1. The van der Waals surface area contributed by atoms with Crippen molar-refractivity contribution < 1.29 is 12.8 Å². The molecule has 22 heavy (non-hydrogen) atoms. The lowest BCUT2D eigenvalue weighted by Crippen LogP contribution is -2.29. The number of halogens is 1. The Balaban J connectivity index is 1.86. The van der Waals surface area contributed by atoms with Crippen LogP contribution < -0.4 is 4.90 Å². The SMILES string of the molecule is O=S(=O)(c1ccc(F)cc1)c1ccc(N2CCCCC2)cc1. The van der Waals surface area contributed by atoms with E-state index in [0.717, 1.165) is 30.9 Å². The Morgan fingerprint density at radius 3 is 1.82 bits per heavy atom. The van der Waals surface area contributed by atoms with Crippen molar-refractivity contribution in [3.63, 3.8) is 0 Å². The summed E-state index contributed by atoms with van der Waals surface area (Å²) >= 11 is 0. The number of hydrogen-bond acceptors (Lipinski definition) is 3. The van der Waals surface area contributed by atoms with Crippen LogP contribution in [0.5, 0.6) is 0 Å². The van der Waals surface area contributed by atoms with Gasteiger partial charge in [-0.2, -0.15) is 0 Å². The van der Waals surface area contributed by atoms with E-state index in [1.807, 2.05) is 12.1 Å². The topological polar surface area (TPSA) is 37.4 Å². The van der Waals surface area contributed by atoms with Crippen LogP contribution in [0.2, 0.25) is 0 Å². The molecule has 0 saturated carbocycles. The van der Waals surface area contributed by atoms with Gasteiger partial charge < -0.3 is 4.90 Å². The molecule has 0 unspecified atom stereocenters. The number of nitrogens with zero attached hydrogens (tertiary/aromatic N) is 1. The van der Waals surface area contributed by atoms with Gasteiger partial charge in [-0.1, -0.05) is 0 Å². The van der Waals surface area contributed by atoms with E-state index in [2.05, 4.69) is 4.90 Å². The molecule has 2 aromatic rings. The summed E-state index contributed by atoms with van der Waals surface area (Å²) in [6.45, 7) is 2.04. The summed E-state index contributed by atoms with van der Waals surface area (Å²) in [5, 5.41) is 0. The molecule has 0 amide bonds. The number of hydrogen-bond donors (Lipinski definition) is 0. The van der Waals surface area contributed by atoms with Gasteiger partial charge in [-0.05, 0) is 67.8 Å². The van der Waals surface area contributed by atoms with Gasteiger partial charge in [-0.15, -0.1) is 0 Å². The molecule has 0 radical (unpaired) electrons. The second kappa shape index (κ2) is 6.08. The van der Waals surface area contributed by atoms with Crippen LogP contribution in [0.1, 0.15) is 19.3 Å². The summed E-state index contributed by atoms with van der Waals surface area (Å²) < 4.78 is 37.9. The van der Waals surface area contributed by atoms with Crippen LogP contribution in [0, 0.1) is 5.82 Å². The molecule has 0 spiro atoms. The molecule has 3 rings (SSSR count). The van der Waals surface area contributed by atoms with E-state index in [0.29, 0.717) is 0 Å². The minimum atomic E-state index is -3.59. The maximum atomic E-state index is 12.9. The first-order chi connectivity index (χ1) is 10.6. The molecule has 0 atom stereocenters. The first kappa shape index (κ1) is 15.0. The third kappa shape index (κ3) is 2.99.